The van der Waals surface area contributed by atoms with Gasteiger partial charge in [-0.15, -0.1) is 13.2 Å². The number of alkyl halides is 3. The van der Waals surface area contributed by atoms with Crippen molar-refractivity contribution in [3.63, 3.8) is 0 Å². The van der Waals surface area contributed by atoms with Crippen LogP contribution >= 0.6 is 0 Å². The zero-order valence-electron chi connectivity index (χ0n) is 9.19. The maximum Gasteiger partial charge on any atom is 0.573 e. The van der Waals surface area contributed by atoms with Crippen molar-refractivity contribution in [2.24, 2.45) is 0 Å². The number of hydrogen-bond donors (Lipinski definition) is 1. The molecule has 96 valence electrons. The molecule has 2 aromatic rings. The van der Waals surface area contributed by atoms with Gasteiger partial charge in [0.05, 0.1) is 12.7 Å². The number of halogens is 3. The lowest BCUT2D eigenvalue weighted by molar-refractivity contribution is -0.274. The molecule has 0 bridgehead atoms. The Labute approximate surface area is 101 Å². The highest BCUT2D eigenvalue weighted by Gasteiger charge is 2.30. The summed E-state index contributed by atoms with van der Waals surface area (Å²) in [7, 11) is 0. The van der Waals surface area contributed by atoms with Gasteiger partial charge in [-0.25, -0.2) is 4.68 Å². The second-order valence-electron chi connectivity index (χ2n) is 3.61. The maximum absolute atomic E-state index is 11.9. The number of ether oxygens (including phenoxy) is 1. The van der Waals surface area contributed by atoms with Gasteiger partial charge in [-0.3, -0.25) is 0 Å². The fourth-order valence-electron chi connectivity index (χ4n) is 1.44. The molecular weight excluding hydrogens is 247 g/mol. The predicted octanol–water partition coefficient (Wildman–Crippen LogP) is 2.41. The summed E-state index contributed by atoms with van der Waals surface area (Å²) >= 11 is 0. The average Bonchev–Trinajstić information content (AvgIpc) is 2.65. The summed E-state index contributed by atoms with van der Waals surface area (Å²) in [5, 5.41) is 3.97. The summed E-state index contributed by atoms with van der Waals surface area (Å²) in [6, 6.07) is 7.20. The van der Waals surface area contributed by atoms with Crippen LogP contribution < -0.4 is 10.5 Å². The molecule has 1 aromatic carbocycles. The van der Waals surface area contributed by atoms with Gasteiger partial charge in [0.15, 0.2) is 0 Å². The van der Waals surface area contributed by atoms with E-state index in [0.717, 1.165) is 5.56 Å². The van der Waals surface area contributed by atoms with E-state index < -0.39 is 6.36 Å². The van der Waals surface area contributed by atoms with Crippen LogP contribution in [0.15, 0.2) is 36.5 Å². The number of benzene rings is 1. The van der Waals surface area contributed by atoms with Crippen molar-refractivity contribution in [2.45, 2.75) is 12.9 Å². The first-order valence-electron chi connectivity index (χ1n) is 5.06. The van der Waals surface area contributed by atoms with Crippen LogP contribution in [0, 0.1) is 0 Å². The first kappa shape index (κ1) is 12.3. The molecule has 0 amide bonds. The lowest BCUT2D eigenvalue weighted by Crippen LogP contribution is -2.17. The topological polar surface area (TPSA) is 53.1 Å². The quantitative estimate of drug-likeness (QED) is 0.918. The molecule has 0 radical (unpaired) electrons. The number of anilines is 1. The summed E-state index contributed by atoms with van der Waals surface area (Å²) in [6.07, 6.45) is -3.12. The summed E-state index contributed by atoms with van der Waals surface area (Å²) in [6.45, 7) is 0.394. The highest BCUT2D eigenvalue weighted by atomic mass is 19.4. The molecule has 0 saturated heterocycles. The minimum absolute atomic E-state index is 0.250. The molecule has 1 aromatic heterocycles. The van der Waals surface area contributed by atoms with Gasteiger partial charge in [0, 0.05) is 0 Å². The second-order valence-corrected chi connectivity index (χ2v) is 3.61. The zero-order valence-corrected chi connectivity index (χ0v) is 9.19. The predicted molar refractivity (Wildman–Crippen MR) is 58.9 cm³/mol. The van der Waals surface area contributed by atoms with Crippen LogP contribution in [0.25, 0.3) is 0 Å². The van der Waals surface area contributed by atoms with Crippen LogP contribution in [0.5, 0.6) is 5.75 Å². The molecular formula is C11H10F3N3O. The van der Waals surface area contributed by atoms with Gasteiger partial charge < -0.3 is 10.5 Å². The lowest BCUT2D eigenvalue weighted by Gasteiger charge is -2.09. The molecule has 0 aliphatic heterocycles. The van der Waals surface area contributed by atoms with E-state index in [2.05, 4.69) is 9.84 Å². The van der Waals surface area contributed by atoms with Crippen molar-refractivity contribution in [1.29, 1.82) is 0 Å². The van der Waals surface area contributed by atoms with E-state index in [4.69, 9.17) is 5.73 Å². The van der Waals surface area contributed by atoms with Crippen molar-refractivity contribution < 1.29 is 17.9 Å². The fourth-order valence-corrected chi connectivity index (χ4v) is 1.44. The monoisotopic (exact) mass is 257 g/mol. The Morgan fingerprint density at radius 1 is 1.17 bits per heavy atom. The third kappa shape index (κ3) is 3.16. The molecule has 0 spiro atoms. The third-order valence-corrected chi connectivity index (χ3v) is 2.24. The van der Waals surface area contributed by atoms with E-state index >= 15 is 0 Å². The molecule has 0 atom stereocenters. The number of aromatic nitrogens is 2. The highest BCUT2D eigenvalue weighted by molar-refractivity contribution is 5.30. The zero-order chi connectivity index (χ0) is 13.2. The Morgan fingerprint density at radius 3 is 2.33 bits per heavy atom. The van der Waals surface area contributed by atoms with E-state index in [0.29, 0.717) is 12.4 Å². The van der Waals surface area contributed by atoms with Gasteiger partial charge in [0.25, 0.3) is 0 Å². The number of nitrogen functional groups attached to an aromatic ring is 1. The molecule has 0 aliphatic rings. The molecule has 1 heterocycles. The standard InChI is InChI=1S/C11H10F3N3O/c12-11(13,14)18-9-3-1-8(2-4-9)7-17-10(15)5-6-16-17/h1-6H,7,15H2. The van der Waals surface area contributed by atoms with Crippen LogP contribution in [0.3, 0.4) is 0 Å². The van der Waals surface area contributed by atoms with Crippen molar-refractivity contribution in [3.8, 4) is 5.75 Å². The SMILES string of the molecule is Nc1ccnn1Cc1ccc(OC(F)(F)F)cc1. The Balaban J connectivity index is 2.06. The molecule has 7 heteroatoms. The first-order chi connectivity index (χ1) is 8.44. The van der Waals surface area contributed by atoms with E-state index in [1.54, 1.807) is 16.9 Å². The molecule has 2 N–H and O–H groups in total. The molecule has 0 fully saturated rings. The maximum atomic E-state index is 11.9. The summed E-state index contributed by atoms with van der Waals surface area (Å²) in [5.74, 6) is 0.241. The van der Waals surface area contributed by atoms with Crippen LogP contribution in [-0.2, 0) is 6.54 Å². The van der Waals surface area contributed by atoms with Gasteiger partial charge >= 0.3 is 6.36 Å². The van der Waals surface area contributed by atoms with Crippen LogP contribution in [0.4, 0.5) is 19.0 Å². The molecule has 0 unspecified atom stereocenters. The number of hydrogen-bond acceptors (Lipinski definition) is 3. The van der Waals surface area contributed by atoms with Gasteiger partial charge in [0.2, 0.25) is 0 Å². The van der Waals surface area contributed by atoms with Crippen molar-refractivity contribution >= 4 is 5.82 Å². The summed E-state index contributed by atoms with van der Waals surface area (Å²) in [5.41, 5.74) is 6.41. The Hall–Kier alpha value is -2.18. The second kappa shape index (κ2) is 4.59. The molecule has 0 aliphatic carbocycles. The molecule has 18 heavy (non-hydrogen) atoms. The minimum atomic E-state index is -4.67. The largest absolute Gasteiger partial charge is 0.573 e. The third-order valence-electron chi connectivity index (χ3n) is 2.24. The molecule has 2 rings (SSSR count). The Kier molecular flexibility index (Phi) is 3.14. The smallest absolute Gasteiger partial charge is 0.406 e. The fraction of sp³-hybridized carbons (Fsp3) is 0.182. The van der Waals surface area contributed by atoms with Crippen LogP contribution in [-0.4, -0.2) is 16.1 Å². The van der Waals surface area contributed by atoms with Crippen LogP contribution in [0.1, 0.15) is 5.56 Å². The van der Waals surface area contributed by atoms with E-state index in [-0.39, 0.29) is 5.75 Å². The van der Waals surface area contributed by atoms with Crippen molar-refractivity contribution in [2.75, 3.05) is 5.73 Å². The van der Waals surface area contributed by atoms with E-state index in [1.807, 2.05) is 0 Å². The Morgan fingerprint density at radius 2 is 1.83 bits per heavy atom. The van der Waals surface area contributed by atoms with E-state index in [9.17, 15) is 13.2 Å². The van der Waals surface area contributed by atoms with Crippen molar-refractivity contribution in [1.82, 2.24) is 9.78 Å². The van der Waals surface area contributed by atoms with Gasteiger partial charge in [-0.2, -0.15) is 5.10 Å². The Bertz CT molecular complexity index is 519. The number of nitrogens with zero attached hydrogens (tertiary/aromatic N) is 2. The molecule has 4 nitrogen and oxygen atoms in total. The highest BCUT2D eigenvalue weighted by Crippen LogP contribution is 2.23. The average molecular weight is 257 g/mol. The first-order valence-corrected chi connectivity index (χ1v) is 5.06. The van der Waals surface area contributed by atoms with E-state index in [1.165, 1.54) is 24.3 Å². The minimum Gasteiger partial charge on any atom is -0.406 e. The number of rotatable bonds is 3. The number of nitrogens with two attached hydrogens (primary N) is 1. The van der Waals surface area contributed by atoms with Crippen molar-refractivity contribution in [3.05, 3.63) is 42.1 Å². The molecule has 0 saturated carbocycles. The van der Waals surface area contributed by atoms with Gasteiger partial charge in [0.1, 0.15) is 11.6 Å². The van der Waals surface area contributed by atoms with Gasteiger partial charge in [-0.05, 0) is 23.8 Å². The normalized spacial score (nSPS) is 11.5. The lowest BCUT2D eigenvalue weighted by atomic mass is 10.2. The van der Waals surface area contributed by atoms with Gasteiger partial charge in [-0.1, -0.05) is 12.1 Å². The van der Waals surface area contributed by atoms with Crippen LogP contribution in [0.2, 0.25) is 0 Å². The summed E-state index contributed by atoms with van der Waals surface area (Å²) in [4.78, 5) is 0. The summed E-state index contributed by atoms with van der Waals surface area (Å²) < 4.78 is 41.2.